The van der Waals surface area contributed by atoms with E-state index in [4.69, 9.17) is 4.74 Å². The third kappa shape index (κ3) is 2.58. The van der Waals surface area contributed by atoms with Crippen molar-refractivity contribution in [1.29, 1.82) is 0 Å². The summed E-state index contributed by atoms with van der Waals surface area (Å²) in [4.78, 5) is 4.54. The monoisotopic (exact) mass is 315 g/mol. The smallest absolute Gasteiger partial charge is 0.142 e. The van der Waals surface area contributed by atoms with Crippen molar-refractivity contribution in [2.75, 3.05) is 12.4 Å². The van der Waals surface area contributed by atoms with Crippen LogP contribution in [0.25, 0.3) is 16.7 Å². The highest BCUT2D eigenvalue weighted by molar-refractivity contribution is 5.82. The lowest BCUT2D eigenvalue weighted by Gasteiger charge is -2.10. The lowest BCUT2D eigenvalue weighted by molar-refractivity contribution is 0.413. The van der Waals surface area contributed by atoms with Crippen LogP contribution in [-0.2, 0) is 0 Å². The first-order valence-electron chi connectivity index (χ1n) is 7.78. The average molecular weight is 315 g/mol. The highest BCUT2D eigenvalue weighted by Gasteiger charge is 2.09. The van der Waals surface area contributed by atoms with Gasteiger partial charge < -0.3 is 10.1 Å². The number of anilines is 2. The number of aromatic nitrogens is 2. The van der Waals surface area contributed by atoms with Gasteiger partial charge in [-0.1, -0.05) is 30.3 Å². The molecule has 0 fully saturated rings. The quantitative estimate of drug-likeness (QED) is 0.589. The van der Waals surface area contributed by atoms with Crippen LogP contribution in [0.4, 0.5) is 11.4 Å². The molecule has 0 bridgehead atoms. The number of nitrogens with zero attached hydrogens (tertiary/aromatic N) is 2. The molecule has 1 aromatic heterocycles. The third-order valence-electron chi connectivity index (χ3n) is 3.95. The third-order valence-corrected chi connectivity index (χ3v) is 3.95. The molecule has 4 heteroatoms. The first kappa shape index (κ1) is 14.3. The molecule has 0 aliphatic carbocycles. The lowest BCUT2D eigenvalue weighted by Crippen LogP contribution is -1.96. The van der Waals surface area contributed by atoms with Gasteiger partial charge >= 0.3 is 0 Å². The second-order valence-electron chi connectivity index (χ2n) is 5.48. The molecule has 0 aliphatic heterocycles. The molecule has 0 spiro atoms. The van der Waals surface area contributed by atoms with Crippen LogP contribution in [0.3, 0.4) is 0 Å². The van der Waals surface area contributed by atoms with Crippen molar-refractivity contribution < 1.29 is 4.74 Å². The Morgan fingerprint density at radius 1 is 0.875 bits per heavy atom. The zero-order chi connectivity index (χ0) is 16.4. The molecule has 1 heterocycles. The summed E-state index contributed by atoms with van der Waals surface area (Å²) < 4.78 is 7.50. The zero-order valence-electron chi connectivity index (χ0n) is 13.3. The zero-order valence-corrected chi connectivity index (χ0v) is 13.3. The van der Waals surface area contributed by atoms with Crippen molar-refractivity contribution in [1.82, 2.24) is 9.55 Å². The number of imidazole rings is 1. The maximum atomic E-state index is 5.46. The van der Waals surface area contributed by atoms with Crippen LogP contribution in [0.2, 0.25) is 0 Å². The summed E-state index contributed by atoms with van der Waals surface area (Å²) in [7, 11) is 1.68. The van der Waals surface area contributed by atoms with Gasteiger partial charge in [0.05, 0.1) is 23.8 Å². The van der Waals surface area contributed by atoms with Crippen LogP contribution in [0.1, 0.15) is 0 Å². The number of benzene rings is 3. The second-order valence-corrected chi connectivity index (χ2v) is 5.48. The van der Waals surface area contributed by atoms with Crippen molar-refractivity contribution in [2.45, 2.75) is 0 Å². The Morgan fingerprint density at radius 3 is 2.50 bits per heavy atom. The van der Waals surface area contributed by atoms with E-state index < -0.39 is 0 Å². The van der Waals surface area contributed by atoms with Gasteiger partial charge in [-0.25, -0.2) is 4.98 Å². The van der Waals surface area contributed by atoms with Gasteiger partial charge in [0.15, 0.2) is 0 Å². The molecule has 0 saturated carbocycles. The van der Waals surface area contributed by atoms with E-state index in [0.29, 0.717) is 0 Å². The molecule has 4 nitrogen and oxygen atoms in total. The van der Waals surface area contributed by atoms with Gasteiger partial charge in [0, 0.05) is 11.4 Å². The van der Waals surface area contributed by atoms with E-state index in [9.17, 15) is 0 Å². The molecule has 0 aliphatic rings. The minimum atomic E-state index is 0.822. The molecule has 4 rings (SSSR count). The predicted molar refractivity (Wildman–Crippen MR) is 97.3 cm³/mol. The summed E-state index contributed by atoms with van der Waals surface area (Å²) in [5.41, 5.74) is 5.02. The Labute approximate surface area is 140 Å². The Bertz CT molecular complexity index is 977. The number of para-hydroxylation sites is 3. The van der Waals surface area contributed by atoms with Crippen molar-refractivity contribution in [3.8, 4) is 11.4 Å². The van der Waals surface area contributed by atoms with E-state index in [1.54, 1.807) is 7.11 Å². The van der Waals surface area contributed by atoms with Gasteiger partial charge in [0.2, 0.25) is 0 Å². The van der Waals surface area contributed by atoms with Crippen molar-refractivity contribution in [3.63, 3.8) is 0 Å². The van der Waals surface area contributed by atoms with Gasteiger partial charge in [-0.15, -0.1) is 0 Å². The maximum Gasteiger partial charge on any atom is 0.142 e. The normalized spacial score (nSPS) is 10.7. The molecule has 0 radical (unpaired) electrons. The fourth-order valence-electron chi connectivity index (χ4n) is 2.80. The van der Waals surface area contributed by atoms with Crippen LogP contribution in [0.5, 0.6) is 5.75 Å². The minimum absolute atomic E-state index is 0.822. The van der Waals surface area contributed by atoms with Gasteiger partial charge in [-0.3, -0.25) is 4.57 Å². The summed E-state index contributed by atoms with van der Waals surface area (Å²) in [6, 6.07) is 24.2. The summed E-state index contributed by atoms with van der Waals surface area (Å²) in [6.45, 7) is 0. The molecule has 0 unspecified atom stereocenters. The summed E-state index contributed by atoms with van der Waals surface area (Å²) >= 11 is 0. The Hall–Kier alpha value is -3.27. The molecule has 0 atom stereocenters. The van der Waals surface area contributed by atoms with Crippen molar-refractivity contribution in [2.24, 2.45) is 0 Å². The highest BCUT2D eigenvalue weighted by Crippen LogP contribution is 2.28. The van der Waals surface area contributed by atoms with Crippen LogP contribution in [0, 0.1) is 0 Å². The van der Waals surface area contributed by atoms with E-state index in [-0.39, 0.29) is 0 Å². The second kappa shape index (κ2) is 6.08. The Morgan fingerprint density at radius 2 is 1.67 bits per heavy atom. The molecule has 0 amide bonds. The van der Waals surface area contributed by atoms with Crippen LogP contribution in [0.15, 0.2) is 79.1 Å². The molecular weight excluding hydrogens is 298 g/mol. The first-order valence-corrected chi connectivity index (χ1v) is 7.78. The number of nitrogens with one attached hydrogen (secondary N) is 1. The number of hydrogen-bond donors (Lipinski definition) is 1. The number of methoxy groups -OCH3 is 1. The Balaban J connectivity index is 1.73. The van der Waals surface area contributed by atoms with Crippen molar-refractivity contribution >= 4 is 22.4 Å². The molecule has 3 aromatic carbocycles. The molecule has 24 heavy (non-hydrogen) atoms. The molecule has 0 saturated heterocycles. The lowest BCUT2D eigenvalue weighted by atomic mass is 10.2. The number of rotatable bonds is 4. The molecular formula is C20H17N3O. The highest BCUT2D eigenvalue weighted by atomic mass is 16.5. The van der Waals surface area contributed by atoms with Crippen LogP contribution >= 0.6 is 0 Å². The maximum absolute atomic E-state index is 5.46. The fraction of sp³-hybridized carbons (Fsp3) is 0.0500. The Kier molecular flexibility index (Phi) is 3.63. The summed E-state index contributed by atoms with van der Waals surface area (Å²) in [6.07, 6.45) is 1.83. The molecule has 4 aromatic rings. The van der Waals surface area contributed by atoms with E-state index in [2.05, 4.69) is 22.4 Å². The largest absolute Gasteiger partial charge is 0.495 e. The SMILES string of the molecule is COc1ccccc1-n1cnc2cc(Nc3ccccc3)ccc21. The number of hydrogen-bond acceptors (Lipinski definition) is 3. The van der Waals surface area contributed by atoms with Crippen molar-refractivity contribution in [3.05, 3.63) is 79.1 Å². The van der Waals surface area contributed by atoms with Crippen LogP contribution in [-0.4, -0.2) is 16.7 Å². The standard InChI is InChI=1S/C20H17N3O/c1-24-20-10-6-5-9-19(20)23-14-21-17-13-16(11-12-18(17)23)22-15-7-3-2-4-8-15/h2-14,22H,1H3. The fourth-order valence-corrected chi connectivity index (χ4v) is 2.80. The molecule has 1 N–H and O–H groups in total. The van der Waals surface area contributed by atoms with E-state index in [1.807, 2.05) is 71.6 Å². The molecule has 118 valence electrons. The summed E-state index contributed by atoms with van der Waals surface area (Å²) in [5, 5.41) is 3.39. The van der Waals surface area contributed by atoms with Gasteiger partial charge in [-0.05, 0) is 42.5 Å². The average Bonchev–Trinajstić information content (AvgIpc) is 3.05. The minimum Gasteiger partial charge on any atom is -0.495 e. The van der Waals surface area contributed by atoms with E-state index in [1.165, 1.54) is 0 Å². The van der Waals surface area contributed by atoms with Gasteiger partial charge in [-0.2, -0.15) is 0 Å². The number of ether oxygens (including phenoxy) is 1. The topological polar surface area (TPSA) is 39.1 Å². The number of fused-ring (bicyclic) bond motifs is 1. The predicted octanol–water partition coefficient (Wildman–Crippen LogP) is 4.78. The first-order chi connectivity index (χ1) is 11.8. The van der Waals surface area contributed by atoms with Gasteiger partial charge in [0.1, 0.15) is 12.1 Å². The van der Waals surface area contributed by atoms with Gasteiger partial charge in [0.25, 0.3) is 0 Å². The summed E-state index contributed by atoms with van der Waals surface area (Å²) in [5.74, 6) is 0.822. The van der Waals surface area contributed by atoms with Crippen LogP contribution < -0.4 is 10.1 Å². The van der Waals surface area contributed by atoms with E-state index >= 15 is 0 Å². The van der Waals surface area contributed by atoms with E-state index in [0.717, 1.165) is 33.8 Å².